The fraction of sp³-hybridized carbons (Fsp3) is 0.300. The zero-order valence-corrected chi connectivity index (χ0v) is 15.6. The van der Waals surface area contributed by atoms with Crippen LogP contribution in [-0.2, 0) is 24.4 Å². The number of methoxy groups -OCH3 is 1. The number of aryl methyl sites for hydroxylation is 1. The molecule has 0 atom stereocenters. The zero-order chi connectivity index (χ0) is 19.3. The molecular formula is C20H21N5O3. The second kappa shape index (κ2) is 8.08. The van der Waals surface area contributed by atoms with Crippen LogP contribution in [-0.4, -0.2) is 39.8 Å². The van der Waals surface area contributed by atoms with Gasteiger partial charge in [0.2, 0.25) is 5.82 Å². The van der Waals surface area contributed by atoms with Crippen molar-refractivity contribution in [3.05, 3.63) is 59.9 Å². The lowest BCUT2D eigenvalue weighted by molar-refractivity contribution is -0.119. The summed E-state index contributed by atoms with van der Waals surface area (Å²) in [5.41, 5.74) is 2.03. The molecule has 0 spiro atoms. The Morgan fingerprint density at radius 3 is 2.82 bits per heavy atom. The van der Waals surface area contributed by atoms with E-state index in [9.17, 15) is 4.79 Å². The molecule has 3 aromatic rings. The number of nitrogens with zero attached hydrogens (tertiary/aromatic N) is 5. The van der Waals surface area contributed by atoms with E-state index in [1.54, 1.807) is 12.0 Å². The van der Waals surface area contributed by atoms with Gasteiger partial charge in [-0.25, -0.2) is 0 Å². The Hall–Kier alpha value is -3.42. The van der Waals surface area contributed by atoms with Crippen molar-refractivity contribution in [2.45, 2.75) is 26.0 Å². The Labute approximate surface area is 162 Å². The van der Waals surface area contributed by atoms with Crippen LogP contribution in [0.15, 0.2) is 48.5 Å². The third-order valence-electron chi connectivity index (χ3n) is 4.59. The molecule has 1 aliphatic rings. The Morgan fingerprint density at radius 2 is 2.00 bits per heavy atom. The van der Waals surface area contributed by atoms with Gasteiger partial charge >= 0.3 is 0 Å². The number of anilines is 1. The van der Waals surface area contributed by atoms with E-state index in [1.807, 2.05) is 48.5 Å². The number of carbonyl (C=O) groups excluding carboxylic acids is 1. The predicted molar refractivity (Wildman–Crippen MR) is 102 cm³/mol. The van der Waals surface area contributed by atoms with Crippen LogP contribution in [0.4, 0.5) is 5.69 Å². The van der Waals surface area contributed by atoms with E-state index in [0.29, 0.717) is 12.4 Å². The van der Waals surface area contributed by atoms with Crippen LogP contribution >= 0.6 is 0 Å². The molecule has 28 heavy (non-hydrogen) atoms. The number of rotatable bonds is 6. The molecule has 1 aromatic heterocycles. The number of para-hydroxylation sites is 1. The first-order chi connectivity index (χ1) is 13.7. The average molecular weight is 379 g/mol. The van der Waals surface area contributed by atoms with E-state index in [4.69, 9.17) is 9.47 Å². The van der Waals surface area contributed by atoms with Crippen molar-refractivity contribution < 1.29 is 14.3 Å². The minimum absolute atomic E-state index is 0.0316. The minimum atomic E-state index is -0.0703. The molecule has 8 nitrogen and oxygen atoms in total. The summed E-state index contributed by atoms with van der Waals surface area (Å²) < 4.78 is 10.9. The second-order valence-electron chi connectivity index (χ2n) is 6.48. The van der Waals surface area contributed by atoms with Crippen LogP contribution in [0, 0.1) is 0 Å². The summed E-state index contributed by atoms with van der Waals surface area (Å²) in [6.07, 6.45) is 1.84. The third kappa shape index (κ3) is 3.95. The quantitative estimate of drug-likeness (QED) is 0.653. The third-order valence-corrected chi connectivity index (χ3v) is 4.59. The number of carbonyl (C=O) groups is 1. The minimum Gasteiger partial charge on any atom is -0.497 e. The monoisotopic (exact) mass is 379 g/mol. The molecule has 0 N–H and O–H groups in total. The average Bonchev–Trinajstić information content (AvgIpc) is 3.19. The number of amides is 1. The van der Waals surface area contributed by atoms with Crippen molar-refractivity contribution in [2.75, 3.05) is 18.6 Å². The summed E-state index contributed by atoms with van der Waals surface area (Å²) in [7, 11) is 1.64. The van der Waals surface area contributed by atoms with Crippen molar-refractivity contribution in [3.8, 4) is 11.5 Å². The highest BCUT2D eigenvalue weighted by Crippen LogP contribution is 2.30. The number of hydrogen-bond acceptors (Lipinski definition) is 6. The molecule has 0 bridgehead atoms. The predicted octanol–water partition coefficient (Wildman–Crippen LogP) is 2.24. The zero-order valence-electron chi connectivity index (χ0n) is 15.6. The van der Waals surface area contributed by atoms with Gasteiger partial charge in [0.05, 0.1) is 7.11 Å². The molecule has 1 aliphatic heterocycles. The van der Waals surface area contributed by atoms with E-state index in [2.05, 4.69) is 15.4 Å². The summed E-state index contributed by atoms with van der Waals surface area (Å²) in [5, 5.41) is 12.2. The van der Waals surface area contributed by atoms with Gasteiger partial charge in [-0.2, -0.15) is 4.80 Å². The van der Waals surface area contributed by atoms with Crippen LogP contribution < -0.4 is 14.4 Å². The van der Waals surface area contributed by atoms with E-state index in [1.165, 1.54) is 4.80 Å². The molecule has 8 heteroatoms. The molecule has 2 aromatic carbocycles. The summed E-state index contributed by atoms with van der Waals surface area (Å²) in [6, 6.07) is 15.2. The van der Waals surface area contributed by atoms with Crippen LogP contribution in [0.5, 0.6) is 11.5 Å². The van der Waals surface area contributed by atoms with Gasteiger partial charge in [-0.1, -0.05) is 18.2 Å². The van der Waals surface area contributed by atoms with E-state index in [-0.39, 0.29) is 19.1 Å². The Kier molecular flexibility index (Phi) is 5.18. The maximum Gasteiger partial charge on any atom is 0.250 e. The van der Waals surface area contributed by atoms with E-state index < -0.39 is 0 Å². The lowest BCUT2D eigenvalue weighted by atomic mass is 10.0. The van der Waals surface area contributed by atoms with Gasteiger partial charge in [-0.15, -0.1) is 10.2 Å². The number of fused-ring (bicyclic) bond motifs is 1. The van der Waals surface area contributed by atoms with Crippen molar-refractivity contribution in [1.82, 2.24) is 20.2 Å². The molecule has 0 fully saturated rings. The highest BCUT2D eigenvalue weighted by molar-refractivity contribution is 5.94. The molecule has 2 heterocycles. The Morgan fingerprint density at radius 1 is 1.14 bits per heavy atom. The molecule has 0 unspecified atom stereocenters. The molecule has 0 radical (unpaired) electrons. The standard InChI is InChI=1S/C20H21N5O3/c1-27-17-9-10-18-15(12-17)6-5-11-24(18)20(26)13-25-22-19(21-23-25)14-28-16-7-3-2-4-8-16/h2-4,7-10,12H,5-6,11,13-14H2,1H3. The largest absolute Gasteiger partial charge is 0.497 e. The van der Waals surface area contributed by atoms with Gasteiger partial charge in [0.25, 0.3) is 5.91 Å². The smallest absolute Gasteiger partial charge is 0.250 e. The first kappa shape index (κ1) is 18.0. The number of hydrogen-bond donors (Lipinski definition) is 0. The summed E-state index contributed by atoms with van der Waals surface area (Å²) >= 11 is 0. The van der Waals surface area contributed by atoms with Gasteiger partial charge < -0.3 is 14.4 Å². The second-order valence-corrected chi connectivity index (χ2v) is 6.48. The lowest BCUT2D eigenvalue weighted by Crippen LogP contribution is -2.38. The summed E-state index contributed by atoms with van der Waals surface area (Å²) in [6.45, 7) is 0.908. The van der Waals surface area contributed by atoms with Gasteiger partial charge in [0.15, 0.2) is 6.61 Å². The molecular weight excluding hydrogens is 358 g/mol. The maximum absolute atomic E-state index is 12.8. The van der Waals surface area contributed by atoms with Gasteiger partial charge in [-0.05, 0) is 54.0 Å². The Bertz CT molecular complexity index is 957. The van der Waals surface area contributed by atoms with Crippen LogP contribution in [0.25, 0.3) is 0 Å². The van der Waals surface area contributed by atoms with Crippen molar-refractivity contribution in [1.29, 1.82) is 0 Å². The van der Waals surface area contributed by atoms with E-state index in [0.717, 1.165) is 35.6 Å². The topological polar surface area (TPSA) is 82.4 Å². The van der Waals surface area contributed by atoms with Crippen LogP contribution in [0.1, 0.15) is 17.8 Å². The lowest BCUT2D eigenvalue weighted by Gasteiger charge is -2.29. The molecule has 0 aliphatic carbocycles. The number of aromatic nitrogens is 4. The molecule has 144 valence electrons. The number of benzene rings is 2. The summed E-state index contributed by atoms with van der Waals surface area (Å²) in [5.74, 6) is 1.89. The van der Waals surface area contributed by atoms with E-state index >= 15 is 0 Å². The Balaban J connectivity index is 1.40. The summed E-state index contributed by atoms with van der Waals surface area (Å²) in [4.78, 5) is 15.9. The fourth-order valence-electron chi connectivity index (χ4n) is 3.23. The molecule has 0 saturated carbocycles. The van der Waals surface area contributed by atoms with Gasteiger partial charge in [0, 0.05) is 12.2 Å². The fourth-order valence-corrected chi connectivity index (χ4v) is 3.23. The highest BCUT2D eigenvalue weighted by atomic mass is 16.5. The first-order valence-electron chi connectivity index (χ1n) is 9.15. The van der Waals surface area contributed by atoms with Crippen molar-refractivity contribution >= 4 is 11.6 Å². The van der Waals surface area contributed by atoms with Crippen molar-refractivity contribution in [2.24, 2.45) is 0 Å². The first-order valence-corrected chi connectivity index (χ1v) is 9.15. The number of tetrazole rings is 1. The van der Waals surface area contributed by atoms with Crippen molar-refractivity contribution in [3.63, 3.8) is 0 Å². The molecule has 4 rings (SSSR count). The van der Waals surface area contributed by atoms with Crippen LogP contribution in [0.3, 0.4) is 0 Å². The normalized spacial score (nSPS) is 13.1. The van der Waals surface area contributed by atoms with Crippen LogP contribution in [0.2, 0.25) is 0 Å². The highest BCUT2D eigenvalue weighted by Gasteiger charge is 2.23. The van der Waals surface area contributed by atoms with Gasteiger partial charge in [0.1, 0.15) is 18.0 Å². The molecule has 0 saturated heterocycles. The maximum atomic E-state index is 12.8. The van der Waals surface area contributed by atoms with Gasteiger partial charge in [-0.3, -0.25) is 4.79 Å². The SMILES string of the molecule is COc1ccc2c(c1)CCCN2C(=O)Cn1nnc(COc2ccccc2)n1. The molecule has 1 amide bonds. The number of ether oxygens (including phenoxy) is 2.